The van der Waals surface area contributed by atoms with Crippen molar-refractivity contribution < 1.29 is 13.2 Å². The van der Waals surface area contributed by atoms with Crippen LogP contribution in [0.5, 0.6) is 0 Å². The topological polar surface area (TPSA) is 39.1 Å². The summed E-state index contributed by atoms with van der Waals surface area (Å²) < 4.78 is 37.6. The number of hydrogen-bond acceptors (Lipinski definition) is 3. The first-order chi connectivity index (χ1) is 9.30. The van der Waals surface area contributed by atoms with Crippen LogP contribution in [0.1, 0.15) is 33.1 Å². The van der Waals surface area contributed by atoms with Gasteiger partial charge in [-0.3, -0.25) is 4.90 Å². The van der Waals surface area contributed by atoms with E-state index in [1.807, 2.05) is 11.0 Å². The zero-order valence-corrected chi connectivity index (χ0v) is 12.2. The molecule has 0 spiro atoms. The molecule has 2 unspecified atom stereocenters. The van der Waals surface area contributed by atoms with E-state index < -0.39 is 18.5 Å². The number of nitriles is 1. The average Bonchev–Trinajstić information content (AvgIpc) is 2.26. The molecule has 1 rings (SSSR count). The van der Waals surface area contributed by atoms with Gasteiger partial charge in [-0.25, -0.2) is 0 Å². The van der Waals surface area contributed by atoms with E-state index in [0.29, 0.717) is 25.4 Å². The fourth-order valence-electron chi connectivity index (χ4n) is 2.73. The number of halogens is 3. The third-order valence-corrected chi connectivity index (χ3v) is 3.58. The molecule has 1 fully saturated rings. The van der Waals surface area contributed by atoms with Crippen molar-refractivity contribution in [2.75, 3.05) is 26.2 Å². The minimum absolute atomic E-state index is 0.0585. The maximum Gasteiger partial charge on any atom is 0.389 e. The predicted octanol–water partition coefficient (Wildman–Crippen LogP) is 2.79. The van der Waals surface area contributed by atoms with Crippen LogP contribution in [0.15, 0.2) is 0 Å². The number of alkyl halides is 3. The molecule has 0 amide bonds. The number of rotatable bonds is 6. The number of likely N-dealkylation sites (tertiary alicyclic amines) is 1. The van der Waals surface area contributed by atoms with Crippen molar-refractivity contribution in [3.8, 4) is 6.07 Å². The summed E-state index contributed by atoms with van der Waals surface area (Å²) in [4.78, 5) is 1.83. The second kappa shape index (κ2) is 7.84. The first-order valence-electron chi connectivity index (χ1n) is 7.19. The molecule has 0 aromatic carbocycles. The van der Waals surface area contributed by atoms with Gasteiger partial charge in [-0.15, -0.1) is 0 Å². The van der Waals surface area contributed by atoms with Gasteiger partial charge in [0.25, 0.3) is 0 Å². The van der Waals surface area contributed by atoms with E-state index in [4.69, 9.17) is 5.26 Å². The Morgan fingerprint density at radius 2 is 2.05 bits per heavy atom. The zero-order chi connectivity index (χ0) is 15.2. The Labute approximate surface area is 119 Å². The van der Waals surface area contributed by atoms with Crippen molar-refractivity contribution in [1.82, 2.24) is 10.2 Å². The van der Waals surface area contributed by atoms with Crippen molar-refractivity contribution >= 4 is 0 Å². The summed E-state index contributed by atoms with van der Waals surface area (Å²) in [5.74, 6) is 0.168. The van der Waals surface area contributed by atoms with E-state index in [2.05, 4.69) is 19.2 Å². The third-order valence-electron chi connectivity index (χ3n) is 3.58. The molecule has 20 heavy (non-hydrogen) atoms. The largest absolute Gasteiger partial charge is 0.389 e. The van der Waals surface area contributed by atoms with Crippen LogP contribution >= 0.6 is 0 Å². The molecule has 1 heterocycles. The number of hydrogen-bond donors (Lipinski definition) is 1. The van der Waals surface area contributed by atoms with Crippen molar-refractivity contribution in [1.29, 1.82) is 5.26 Å². The molecule has 0 aromatic heterocycles. The molecule has 116 valence electrons. The van der Waals surface area contributed by atoms with E-state index in [-0.39, 0.29) is 12.6 Å². The molecule has 3 nitrogen and oxygen atoms in total. The van der Waals surface area contributed by atoms with Gasteiger partial charge in [-0.2, -0.15) is 18.4 Å². The van der Waals surface area contributed by atoms with Crippen LogP contribution in [0.2, 0.25) is 0 Å². The minimum Gasteiger partial charge on any atom is -0.313 e. The second-order valence-corrected chi connectivity index (χ2v) is 6.11. The summed E-state index contributed by atoms with van der Waals surface area (Å²) in [6.07, 6.45) is -3.32. The summed E-state index contributed by atoms with van der Waals surface area (Å²) >= 11 is 0. The lowest BCUT2D eigenvalue weighted by atomic mass is 9.91. The Morgan fingerprint density at radius 3 is 2.60 bits per heavy atom. The van der Waals surface area contributed by atoms with Crippen LogP contribution in [0.25, 0.3) is 0 Å². The highest BCUT2D eigenvalue weighted by Gasteiger charge is 2.36. The molecule has 0 saturated carbocycles. The van der Waals surface area contributed by atoms with Crippen LogP contribution in [-0.2, 0) is 0 Å². The Balaban J connectivity index is 2.50. The lowest BCUT2D eigenvalue weighted by Gasteiger charge is -2.37. The van der Waals surface area contributed by atoms with Crippen LogP contribution in [0, 0.1) is 23.2 Å². The molecule has 6 heteroatoms. The highest BCUT2D eigenvalue weighted by atomic mass is 19.4. The van der Waals surface area contributed by atoms with E-state index in [0.717, 1.165) is 13.0 Å². The SMILES string of the molecule is CC(C)CCNC1CC(CC(F)(F)F)CN(CC#N)C1. The van der Waals surface area contributed by atoms with Gasteiger partial charge in [-0.1, -0.05) is 13.8 Å². The maximum absolute atomic E-state index is 12.5. The molecule has 1 aliphatic rings. The molecule has 0 aliphatic carbocycles. The monoisotopic (exact) mass is 291 g/mol. The summed E-state index contributed by atoms with van der Waals surface area (Å²) in [6.45, 7) is 6.31. The molecule has 0 radical (unpaired) electrons. The van der Waals surface area contributed by atoms with Gasteiger partial charge in [0.15, 0.2) is 0 Å². The standard InChI is InChI=1S/C14H24F3N3/c1-11(2)3-5-19-13-7-12(8-14(15,16)17)9-20(10-13)6-4-18/h11-13,19H,3,5-10H2,1-2H3. The molecular formula is C14H24F3N3. The van der Waals surface area contributed by atoms with Crippen molar-refractivity contribution in [2.24, 2.45) is 11.8 Å². The molecular weight excluding hydrogens is 267 g/mol. The molecule has 1 saturated heterocycles. The number of nitrogens with zero attached hydrogens (tertiary/aromatic N) is 2. The van der Waals surface area contributed by atoms with Crippen LogP contribution in [0.3, 0.4) is 0 Å². The quantitative estimate of drug-likeness (QED) is 0.765. The van der Waals surface area contributed by atoms with Crippen LogP contribution in [0.4, 0.5) is 13.2 Å². The average molecular weight is 291 g/mol. The fourth-order valence-corrected chi connectivity index (χ4v) is 2.73. The van der Waals surface area contributed by atoms with Crippen LogP contribution < -0.4 is 5.32 Å². The molecule has 1 aliphatic heterocycles. The van der Waals surface area contributed by atoms with Gasteiger partial charge in [-0.05, 0) is 31.2 Å². The van der Waals surface area contributed by atoms with Gasteiger partial charge in [0.05, 0.1) is 12.6 Å². The Kier molecular flexibility index (Phi) is 6.77. The summed E-state index contributed by atoms with van der Waals surface area (Å²) in [5, 5.41) is 12.1. The minimum atomic E-state index is -4.12. The van der Waals surface area contributed by atoms with Gasteiger partial charge in [0, 0.05) is 25.6 Å². The fraction of sp³-hybridized carbons (Fsp3) is 0.929. The lowest BCUT2D eigenvalue weighted by Crippen LogP contribution is -2.50. The van der Waals surface area contributed by atoms with Gasteiger partial charge in [0.1, 0.15) is 0 Å². The Bertz CT molecular complexity index is 323. The van der Waals surface area contributed by atoms with Gasteiger partial charge in [0.2, 0.25) is 0 Å². The highest BCUT2D eigenvalue weighted by Crippen LogP contribution is 2.30. The molecule has 0 aromatic rings. The molecule has 1 N–H and O–H groups in total. The van der Waals surface area contributed by atoms with E-state index in [1.54, 1.807) is 0 Å². The highest BCUT2D eigenvalue weighted by molar-refractivity contribution is 4.88. The molecule has 2 atom stereocenters. The Hall–Kier alpha value is -0.800. The van der Waals surface area contributed by atoms with E-state index in [1.165, 1.54) is 0 Å². The van der Waals surface area contributed by atoms with Crippen molar-refractivity contribution in [2.45, 2.75) is 45.3 Å². The van der Waals surface area contributed by atoms with E-state index >= 15 is 0 Å². The van der Waals surface area contributed by atoms with Crippen molar-refractivity contribution in [3.63, 3.8) is 0 Å². The van der Waals surface area contributed by atoms with Crippen LogP contribution in [-0.4, -0.2) is 43.3 Å². The Morgan fingerprint density at radius 1 is 1.35 bits per heavy atom. The lowest BCUT2D eigenvalue weighted by molar-refractivity contribution is -0.148. The van der Waals surface area contributed by atoms with Crippen molar-refractivity contribution in [3.05, 3.63) is 0 Å². The summed E-state index contributed by atoms with van der Waals surface area (Å²) in [6, 6.07) is 2.09. The van der Waals surface area contributed by atoms with Gasteiger partial charge < -0.3 is 5.32 Å². The number of piperidine rings is 1. The third kappa shape index (κ3) is 7.11. The van der Waals surface area contributed by atoms with Gasteiger partial charge >= 0.3 is 6.18 Å². The smallest absolute Gasteiger partial charge is 0.313 e. The normalized spacial score (nSPS) is 24.9. The second-order valence-electron chi connectivity index (χ2n) is 6.11. The predicted molar refractivity (Wildman–Crippen MR) is 72.1 cm³/mol. The first kappa shape index (κ1) is 17.3. The van der Waals surface area contributed by atoms with E-state index in [9.17, 15) is 13.2 Å². The zero-order valence-electron chi connectivity index (χ0n) is 12.2. The number of nitrogens with one attached hydrogen (secondary N) is 1. The summed E-state index contributed by atoms with van der Waals surface area (Å²) in [7, 11) is 0. The molecule has 0 bridgehead atoms. The first-order valence-corrected chi connectivity index (χ1v) is 7.19. The maximum atomic E-state index is 12.5. The summed E-state index contributed by atoms with van der Waals surface area (Å²) in [5.41, 5.74) is 0.